The van der Waals surface area contributed by atoms with E-state index in [1.54, 1.807) is 19.1 Å². The average Bonchev–Trinajstić information content (AvgIpc) is 2.48. The van der Waals surface area contributed by atoms with Crippen LogP contribution < -0.4 is 9.47 Å². The Morgan fingerprint density at radius 2 is 2.05 bits per heavy atom. The van der Waals surface area contributed by atoms with Gasteiger partial charge in [0.25, 0.3) is 5.69 Å². The van der Waals surface area contributed by atoms with Gasteiger partial charge in [-0.1, -0.05) is 0 Å². The quantitative estimate of drug-likeness (QED) is 0.672. The molecule has 0 saturated carbocycles. The van der Waals surface area contributed by atoms with Crippen LogP contribution in [0.2, 0.25) is 0 Å². The lowest BCUT2D eigenvalue weighted by Crippen LogP contribution is -1.96. The number of aliphatic hydroxyl groups excluding tert-OH is 1. The third-order valence-electron chi connectivity index (χ3n) is 2.77. The van der Waals surface area contributed by atoms with Crippen molar-refractivity contribution in [2.45, 2.75) is 13.0 Å². The fraction of sp³-hybridized carbons (Fsp3) is 0.214. The highest BCUT2D eigenvalue weighted by molar-refractivity contribution is 5.50. The number of methoxy groups -OCH3 is 1. The molecule has 0 radical (unpaired) electrons. The van der Waals surface area contributed by atoms with Crippen LogP contribution in [0.4, 0.5) is 5.69 Å². The van der Waals surface area contributed by atoms with Crippen LogP contribution in [0.15, 0.2) is 36.5 Å². The topological polar surface area (TPSA) is 94.7 Å². The fourth-order valence-corrected chi connectivity index (χ4v) is 1.68. The zero-order valence-electron chi connectivity index (χ0n) is 11.5. The number of benzene rings is 1. The van der Waals surface area contributed by atoms with Gasteiger partial charge in [0, 0.05) is 6.07 Å². The van der Waals surface area contributed by atoms with Gasteiger partial charge < -0.3 is 14.6 Å². The Bertz CT molecular complexity index is 640. The van der Waals surface area contributed by atoms with Crippen molar-refractivity contribution in [3.05, 3.63) is 52.3 Å². The van der Waals surface area contributed by atoms with E-state index in [0.29, 0.717) is 17.2 Å². The monoisotopic (exact) mass is 290 g/mol. The molecule has 110 valence electrons. The Kier molecular flexibility index (Phi) is 4.34. The van der Waals surface area contributed by atoms with E-state index in [2.05, 4.69) is 4.98 Å². The van der Waals surface area contributed by atoms with Gasteiger partial charge in [-0.15, -0.1) is 0 Å². The molecule has 1 atom stereocenters. The van der Waals surface area contributed by atoms with Gasteiger partial charge in [-0.25, -0.2) is 0 Å². The van der Waals surface area contributed by atoms with Crippen molar-refractivity contribution in [2.24, 2.45) is 0 Å². The molecule has 0 saturated heterocycles. The van der Waals surface area contributed by atoms with E-state index in [1.165, 1.54) is 31.5 Å². The fourth-order valence-electron chi connectivity index (χ4n) is 1.68. The van der Waals surface area contributed by atoms with Crippen LogP contribution in [0, 0.1) is 10.1 Å². The zero-order valence-corrected chi connectivity index (χ0v) is 11.5. The highest BCUT2D eigenvalue weighted by Crippen LogP contribution is 2.34. The molecule has 1 aromatic carbocycles. The smallest absolute Gasteiger partial charge is 0.273 e. The summed E-state index contributed by atoms with van der Waals surface area (Å²) in [4.78, 5) is 14.3. The lowest BCUT2D eigenvalue weighted by Gasteiger charge is -2.10. The molecule has 0 bridgehead atoms. The standard InChI is InChI=1S/C14H14N2O5/c1-9(17)12-5-4-11(8-15-12)21-13-6-3-10(16(18)19)7-14(13)20-2/h3-9,17H,1-2H3/t9-/m1/s1. The minimum absolute atomic E-state index is 0.0817. The van der Waals surface area contributed by atoms with E-state index in [9.17, 15) is 15.2 Å². The summed E-state index contributed by atoms with van der Waals surface area (Å²) in [6.45, 7) is 1.61. The first kappa shape index (κ1) is 14.7. The van der Waals surface area contributed by atoms with Gasteiger partial charge in [0.1, 0.15) is 5.75 Å². The van der Waals surface area contributed by atoms with Gasteiger partial charge in [0.05, 0.1) is 36.1 Å². The van der Waals surface area contributed by atoms with E-state index in [0.717, 1.165) is 0 Å². The van der Waals surface area contributed by atoms with Gasteiger partial charge in [-0.3, -0.25) is 15.1 Å². The summed E-state index contributed by atoms with van der Waals surface area (Å²) in [6.07, 6.45) is 0.802. The number of nitro benzene ring substituents is 1. The predicted octanol–water partition coefficient (Wildman–Crippen LogP) is 2.84. The number of rotatable bonds is 5. The van der Waals surface area contributed by atoms with E-state index in [4.69, 9.17) is 9.47 Å². The first-order valence-electron chi connectivity index (χ1n) is 6.15. The number of hydrogen-bond donors (Lipinski definition) is 1. The molecule has 1 heterocycles. The number of nitrogens with zero attached hydrogens (tertiary/aromatic N) is 2. The van der Waals surface area contributed by atoms with Crippen molar-refractivity contribution in [2.75, 3.05) is 7.11 Å². The van der Waals surface area contributed by atoms with E-state index in [-0.39, 0.29) is 11.4 Å². The van der Waals surface area contributed by atoms with Crippen molar-refractivity contribution in [1.82, 2.24) is 4.98 Å². The molecule has 1 aromatic heterocycles. The van der Waals surface area contributed by atoms with Crippen LogP contribution in [-0.2, 0) is 0 Å². The molecular formula is C14H14N2O5. The summed E-state index contributed by atoms with van der Waals surface area (Å²) in [5, 5.41) is 20.1. The highest BCUT2D eigenvalue weighted by atomic mass is 16.6. The predicted molar refractivity (Wildman–Crippen MR) is 74.6 cm³/mol. The van der Waals surface area contributed by atoms with Gasteiger partial charge in [-0.05, 0) is 25.1 Å². The molecule has 7 nitrogen and oxygen atoms in total. The molecule has 0 aliphatic rings. The summed E-state index contributed by atoms with van der Waals surface area (Å²) in [7, 11) is 1.40. The van der Waals surface area contributed by atoms with Crippen LogP contribution in [-0.4, -0.2) is 22.1 Å². The SMILES string of the molecule is COc1cc([N+](=O)[O-])ccc1Oc1ccc([C@@H](C)O)nc1. The number of aromatic nitrogens is 1. The summed E-state index contributed by atoms with van der Waals surface area (Å²) in [6, 6.07) is 7.36. The molecule has 7 heteroatoms. The number of ether oxygens (including phenoxy) is 2. The summed E-state index contributed by atoms with van der Waals surface area (Å²) < 4.78 is 10.7. The summed E-state index contributed by atoms with van der Waals surface area (Å²) in [5.41, 5.74) is 0.444. The van der Waals surface area contributed by atoms with E-state index < -0.39 is 11.0 Å². The van der Waals surface area contributed by atoms with Crippen molar-refractivity contribution >= 4 is 5.69 Å². The molecule has 0 fully saturated rings. The lowest BCUT2D eigenvalue weighted by molar-refractivity contribution is -0.384. The number of non-ortho nitro benzene ring substituents is 1. The molecule has 2 rings (SSSR count). The zero-order chi connectivity index (χ0) is 15.4. The number of hydrogen-bond acceptors (Lipinski definition) is 6. The molecule has 0 aliphatic carbocycles. The van der Waals surface area contributed by atoms with Crippen molar-refractivity contribution < 1.29 is 19.5 Å². The maximum atomic E-state index is 10.7. The first-order valence-corrected chi connectivity index (χ1v) is 6.15. The van der Waals surface area contributed by atoms with Gasteiger partial charge >= 0.3 is 0 Å². The number of aliphatic hydroxyl groups is 1. The van der Waals surface area contributed by atoms with E-state index in [1.807, 2.05) is 0 Å². The molecule has 0 amide bonds. The second-order valence-corrected chi connectivity index (χ2v) is 4.29. The van der Waals surface area contributed by atoms with Crippen molar-refractivity contribution in [3.8, 4) is 17.2 Å². The maximum absolute atomic E-state index is 10.7. The Morgan fingerprint density at radius 3 is 2.57 bits per heavy atom. The van der Waals surface area contributed by atoms with E-state index >= 15 is 0 Å². The Morgan fingerprint density at radius 1 is 1.29 bits per heavy atom. The average molecular weight is 290 g/mol. The second-order valence-electron chi connectivity index (χ2n) is 4.29. The molecule has 1 N–H and O–H groups in total. The molecule has 0 spiro atoms. The second kappa shape index (κ2) is 6.19. The minimum Gasteiger partial charge on any atom is -0.493 e. The molecular weight excluding hydrogens is 276 g/mol. The Labute approximate surface area is 120 Å². The molecule has 21 heavy (non-hydrogen) atoms. The third-order valence-corrected chi connectivity index (χ3v) is 2.77. The van der Waals surface area contributed by atoms with Gasteiger partial charge in [0.2, 0.25) is 0 Å². The summed E-state index contributed by atoms with van der Waals surface area (Å²) >= 11 is 0. The van der Waals surface area contributed by atoms with Crippen LogP contribution in [0.3, 0.4) is 0 Å². The number of pyridine rings is 1. The van der Waals surface area contributed by atoms with Crippen molar-refractivity contribution in [1.29, 1.82) is 0 Å². The van der Waals surface area contributed by atoms with Crippen LogP contribution in [0.25, 0.3) is 0 Å². The normalized spacial score (nSPS) is 11.8. The third kappa shape index (κ3) is 3.46. The Hall–Kier alpha value is -2.67. The highest BCUT2D eigenvalue weighted by Gasteiger charge is 2.13. The molecule has 0 aliphatic heterocycles. The largest absolute Gasteiger partial charge is 0.493 e. The minimum atomic E-state index is -0.659. The first-order chi connectivity index (χ1) is 10.0. The lowest BCUT2D eigenvalue weighted by atomic mass is 10.2. The van der Waals surface area contributed by atoms with Crippen LogP contribution in [0.5, 0.6) is 17.2 Å². The van der Waals surface area contributed by atoms with Crippen LogP contribution in [0.1, 0.15) is 18.7 Å². The van der Waals surface area contributed by atoms with Crippen LogP contribution >= 0.6 is 0 Å². The Balaban J connectivity index is 2.24. The molecule has 0 unspecified atom stereocenters. The molecule has 2 aromatic rings. The number of nitro groups is 1. The summed E-state index contributed by atoms with van der Waals surface area (Å²) in [5.74, 6) is 1.03. The van der Waals surface area contributed by atoms with Gasteiger partial charge in [0.15, 0.2) is 11.5 Å². The maximum Gasteiger partial charge on any atom is 0.273 e. The van der Waals surface area contributed by atoms with Gasteiger partial charge in [-0.2, -0.15) is 0 Å². The van der Waals surface area contributed by atoms with Crippen molar-refractivity contribution in [3.63, 3.8) is 0 Å².